The van der Waals surface area contributed by atoms with Gasteiger partial charge >= 0.3 is 0 Å². The molecular weight excluding hydrogens is 314 g/mol. The molecule has 25 heavy (non-hydrogen) atoms. The highest BCUT2D eigenvalue weighted by Gasteiger charge is 2.42. The third-order valence-corrected chi connectivity index (χ3v) is 6.33. The molecule has 5 nitrogen and oxygen atoms in total. The fraction of sp³-hybridized carbons (Fsp3) is 0.700. The van der Waals surface area contributed by atoms with Crippen LogP contribution in [0.25, 0.3) is 0 Å². The van der Waals surface area contributed by atoms with Crippen LogP contribution in [0, 0.1) is 11.3 Å². The Labute approximate surface area is 150 Å². The molecular formula is C20H29N3O2. The van der Waals surface area contributed by atoms with Gasteiger partial charge in [0.25, 0.3) is 0 Å². The van der Waals surface area contributed by atoms with Crippen LogP contribution < -0.4 is 0 Å². The zero-order valence-electron chi connectivity index (χ0n) is 15.0. The molecule has 1 aromatic heterocycles. The summed E-state index contributed by atoms with van der Waals surface area (Å²) in [6.07, 6.45) is 8.90. The van der Waals surface area contributed by atoms with Crippen molar-refractivity contribution in [1.82, 2.24) is 14.8 Å². The van der Waals surface area contributed by atoms with Crippen molar-refractivity contribution in [2.75, 3.05) is 45.9 Å². The van der Waals surface area contributed by atoms with E-state index < -0.39 is 0 Å². The van der Waals surface area contributed by atoms with Crippen LogP contribution in [0.5, 0.6) is 0 Å². The molecule has 3 aliphatic heterocycles. The highest BCUT2D eigenvalue weighted by molar-refractivity contribution is 5.79. The van der Waals surface area contributed by atoms with Crippen LogP contribution in [-0.4, -0.2) is 66.6 Å². The lowest BCUT2D eigenvalue weighted by Crippen LogP contribution is -2.44. The van der Waals surface area contributed by atoms with E-state index in [1.54, 1.807) is 12.4 Å². The van der Waals surface area contributed by atoms with Gasteiger partial charge in [0.2, 0.25) is 5.91 Å². The minimum Gasteiger partial charge on any atom is -0.381 e. The summed E-state index contributed by atoms with van der Waals surface area (Å²) in [4.78, 5) is 21.4. The lowest BCUT2D eigenvalue weighted by atomic mass is 9.77. The summed E-state index contributed by atoms with van der Waals surface area (Å²) >= 11 is 0. The summed E-state index contributed by atoms with van der Waals surface area (Å²) in [5.74, 6) is 0.991. The Kier molecular flexibility index (Phi) is 5.04. The second kappa shape index (κ2) is 7.42. The number of carbonyl (C=O) groups is 1. The van der Waals surface area contributed by atoms with E-state index in [-0.39, 0.29) is 5.91 Å². The molecule has 0 N–H and O–H groups in total. The van der Waals surface area contributed by atoms with Gasteiger partial charge in [-0.05, 0) is 61.7 Å². The molecule has 0 bridgehead atoms. The van der Waals surface area contributed by atoms with Crippen molar-refractivity contribution in [1.29, 1.82) is 0 Å². The smallest absolute Gasteiger partial charge is 0.227 e. The van der Waals surface area contributed by atoms with Gasteiger partial charge in [-0.2, -0.15) is 0 Å². The minimum absolute atomic E-state index is 0.260. The Hall–Kier alpha value is -1.46. The fourth-order valence-electron chi connectivity index (χ4n) is 4.65. The number of hydrogen-bond acceptors (Lipinski definition) is 4. The summed E-state index contributed by atoms with van der Waals surface area (Å²) < 4.78 is 5.51. The third-order valence-electron chi connectivity index (χ3n) is 6.33. The lowest BCUT2D eigenvalue weighted by molar-refractivity contribution is -0.130. The van der Waals surface area contributed by atoms with Gasteiger partial charge in [-0.15, -0.1) is 0 Å². The van der Waals surface area contributed by atoms with Crippen LogP contribution in [0.4, 0.5) is 0 Å². The SMILES string of the molecule is O=C(Cc1cccnc1)N1CCC2(CCN(C[C@@H]3CCOC3)CC2)C1. The van der Waals surface area contributed by atoms with Crippen LogP contribution in [-0.2, 0) is 16.0 Å². The predicted octanol–water partition coefficient (Wildman–Crippen LogP) is 1.98. The molecule has 1 atom stereocenters. The predicted molar refractivity (Wildman–Crippen MR) is 96.2 cm³/mol. The molecule has 1 spiro atoms. The molecule has 4 rings (SSSR count). The van der Waals surface area contributed by atoms with E-state index in [9.17, 15) is 4.79 Å². The molecule has 0 unspecified atom stereocenters. The first kappa shape index (κ1) is 17.0. The van der Waals surface area contributed by atoms with Gasteiger partial charge in [0.15, 0.2) is 0 Å². The van der Waals surface area contributed by atoms with Gasteiger partial charge in [0.1, 0.15) is 0 Å². The molecule has 1 amide bonds. The maximum atomic E-state index is 12.6. The van der Waals surface area contributed by atoms with Gasteiger partial charge in [-0.3, -0.25) is 9.78 Å². The number of amides is 1. The summed E-state index contributed by atoms with van der Waals surface area (Å²) in [6.45, 7) is 7.32. The van der Waals surface area contributed by atoms with E-state index in [2.05, 4.69) is 14.8 Å². The third kappa shape index (κ3) is 4.04. The Balaban J connectivity index is 1.26. The highest BCUT2D eigenvalue weighted by atomic mass is 16.5. The number of pyridine rings is 1. The molecule has 3 saturated heterocycles. The Bertz CT molecular complexity index is 578. The zero-order valence-corrected chi connectivity index (χ0v) is 15.0. The number of ether oxygens (including phenoxy) is 1. The van der Waals surface area contributed by atoms with Crippen molar-refractivity contribution in [2.24, 2.45) is 11.3 Å². The summed E-state index contributed by atoms with van der Waals surface area (Å²) in [6, 6.07) is 3.89. The van der Waals surface area contributed by atoms with Crippen molar-refractivity contribution in [3.8, 4) is 0 Å². The maximum absolute atomic E-state index is 12.6. The highest BCUT2D eigenvalue weighted by Crippen LogP contribution is 2.40. The van der Waals surface area contributed by atoms with Gasteiger partial charge in [-0.1, -0.05) is 6.07 Å². The van der Waals surface area contributed by atoms with Crippen LogP contribution in [0.2, 0.25) is 0 Å². The monoisotopic (exact) mass is 343 g/mol. The van der Waals surface area contributed by atoms with Crippen molar-refractivity contribution in [3.05, 3.63) is 30.1 Å². The lowest BCUT2D eigenvalue weighted by Gasteiger charge is -2.40. The minimum atomic E-state index is 0.260. The van der Waals surface area contributed by atoms with E-state index in [1.807, 2.05) is 12.1 Å². The Morgan fingerprint density at radius 3 is 2.84 bits per heavy atom. The van der Waals surface area contributed by atoms with Crippen LogP contribution in [0.3, 0.4) is 0 Å². The molecule has 0 aliphatic carbocycles. The topological polar surface area (TPSA) is 45.7 Å². The standard InChI is InChI=1S/C20H29N3O2/c24-19(12-17-2-1-7-21-13-17)23-10-6-20(16-23)4-8-22(9-5-20)14-18-3-11-25-15-18/h1-2,7,13,18H,3-6,8-12,14-16H2/t18-/m0/s1. The van der Waals surface area contributed by atoms with E-state index in [0.717, 1.165) is 37.8 Å². The van der Waals surface area contributed by atoms with Crippen molar-refractivity contribution in [3.63, 3.8) is 0 Å². The number of piperidine rings is 1. The Morgan fingerprint density at radius 2 is 2.12 bits per heavy atom. The largest absolute Gasteiger partial charge is 0.381 e. The number of rotatable bonds is 4. The van der Waals surface area contributed by atoms with Gasteiger partial charge in [-0.25, -0.2) is 0 Å². The van der Waals surface area contributed by atoms with Crippen molar-refractivity contribution >= 4 is 5.91 Å². The second-order valence-electron chi connectivity index (χ2n) is 8.13. The molecule has 4 heterocycles. The van der Waals surface area contributed by atoms with E-state index >= 15 is 0 Å². The number of carbonyl (C=O) groups excluding carboxylic acids is 1. The molecule has 3 fully saturated rings. The maximum Gasteiger partial charge on any atom is 0.227 e. The van der Waals surface area contributed by atoms with Gasteiger partial charge in [0, 0.05) is 38.6 Å². The molecule has 5 heteroatoms. The van der Waals surface area contributed by atoms with Crippen LogP contribution in [0.1, 0.15) is 31.2 Å². The normalized spacial score (nSPS) is 26.4. The second-order valence-corrected chi connectivity index (χ2v) is 8.13. The first-order valence-electron chi connectivity index (χ1n) is 9.69. The summed E-state index contributed by atoms with van der Waals surface area (Å²) in [5.41, 5.74) is 1.38. The average molecular weight is 343 g/mol. The van der Waals surface area contributed by atoms with Gasteiger partial charge in [0.05, 0.1) is 13.0 Å². The number of likely N-dealkylation sites (tertiary alicyclic amines) is 2. The number of nitrogens with zero attached hydrogens (tertiary/aromatic N) is 3. The first-order chi connectivity index (χ1) is 12.2. The number of aromatic nitrogens is 1. The van der Waals surface area contributed by atoms with Crippen LogP contribution in [0.15, 0.2) is 24.5 Å². The van der Waals surface area contributed by atoms with E-state index in [1.165, 1.54) is 45.3 Å². The van der Waals surface area contributed by atoms with E-state index in [0.29, 0.717) is 11.8 Å². The van der Waals surface area contributed by atoms with Crippen molar-refractivity contribution < 1.29 is 9.53 Å². The zero-order chi connectivity index (χ0) is 17.1. The summed E-state index contributed by atoms with van der Waals surface area (Å²) in [5, 5.41) is 0. The van der Waals surface area contributed by atoms with E-state index in [4.69, 9.17) is 4.74 Å². The Morgan fingerprint density at radius 1 is 1.28 bits per heavy atom. The molecule has 136 valence electrons. The van der Waals surface area contributed by atoms with Crippen molar-refractivity contribution in [2.45, 2.75) is 32.1 Å². The quantitative estimate of drug-likeness (QED) is 0.839. The summed E-state index contributed by atoms with van der Waals surface area (Å²) in [7, 11) is 0. The molecule has 0 radical (unpaired) electrons. The molecule has 1 aromatic rings. The molecule has 0 saturated carbocycles. The molecule has 3 aliphatic rings. The van der Waals surface area contributed by atoms with Gasteiger partial charge < -0.3 is 14.5 Å². The fourth-order valence-corrected chi connectivity index (χ4v) is 4.65. The average Bonchev–Trinajstić information content (AvgIpc) is 3.29. The number of hydrogen-bond donors (Lipinski definition) is 0. The molecule has 0 aromatic carbocycles. The van der Waals surface area contributed by atoms with Crippen LogP contribution >= 0.6 is 0 Å². The first-order valence-corrected chi connectivity index (χ1v) is 9.69.